The maximum Gasteiger partial charge on any atom is 0.139 e. The van der Waals surface area contributed by atoms with Gasteiger partial charge in [0, 0.05) is 11.7 Å². The molecule has 1 atom stereocenters. The maximum atomic E-state index is 13.0. The summed E-state index contributed by atoms with van der Waals surface area (Å²) in [5.74, 6) is -0.357. The second kappa shape index (κ2) is 4.07. The Kier molecular flexibility index (Phi) is 3.27. The summed E-state index contributed by atoms with van der Waals surface area (Å²) in [6.45, 7) is 1.96. The third-order valence-corrected chi connectivity index (χ3v) is 2.57. The van der Waals surface area contributed by atoms with E-state index in [2.05, 4.69) is 15.9 Å². The van der Waals surface area contributed by atoms with Crippen molar-refractivity contribution in [1.29, 1.82) is 0 Å². The van der Waals surface area contributed by atoms with E-state index in [1.54, 1.807) is 6.07 Å². The van der Waals surface area contributed by atoms with Gasteiger partial charge in [0.2, 0.25) is 0 Å². The molecule has 13 heavy (non-hydrogen) atoms. The van der Waals surface area contributed by atoms with Crippen molar-refractivity contribution in [2.24, 2.45) is 5.73 Å². The fourth-order valence-corrected chi connectivity index (χ4v) is 1.48. The van der Waals surface area contributed by atoms with Gasteiger partial charge in [0.1, 0.15) is 5.82 Å². The largest absolute Gasteiger partial charge is 0.398 e. The molecule has 0 saturated carbocycles. The average Bonchev–Trinajstić information content (AvgIpc) is 2.10. The predicted octanol–water partition coefficient (Wildman–Crippen LogP) is 2.58. The van der Waals surface area contributed by atoms with Gasteiger partial charge in [-0.2, -0.15) is 0 Å². The van der Waals surface area contributed by atoms with E-state index in [1.165, 1.54) is 6.07 Å². The molecule has 1 aromatic carbocycles. The Morgan fingerprint density at radius 2 is 2.15 bits per heavy atom. The van der Waals surface area contributed by atoms with Gasteiger partial charge in [0.25, 0.3) is 0 Å². The molecule has 0 spiro atoms. The highest BCUT2D eigenvalue weighted by atomic mass is 79.9. The van der Waals surface area contributed by atoms with E-state index < -0.39 is 0 Å². The van der Waals surface area contributed by atoms with Gasteiger partial charge in [0.05, 0.1) is 4.47 Å². The van der Waals surface area contributed by atoms with Crippen LogP contribution in [0.3, 0.4) is 0 Å². The zero-order chi connectivity index (χ0) is 10.0. The minimum Gasteiger partial charge on any atom is -0.398 e. The number of nitrogens with two attached hydrogens (primary N) is 2. The van der Waals surface area contributed by atoms with Crippen molar-refractivity contribution < 1.29 is 4.39 Å². The first-order valence-corrected chi connectivity index (χ1v) is 4.85. The van der Waals surface area contributed by atoms with Crippen LogP contribution in [0.15, 0.2) is 16.6 Å². The maximum absolute atomic E-state index is 13.0. The molecule has 0 aromatic heterocycles. The molecule has 0 radical (unpaired) electrons. The summed E-state index contributed by atoms with van der Waals surface area (Å²) >= 11 is 3.09. The smallest absolute Gasteiger partial charge is 0.139 e. The highest BCUT2D eigenvalue weighted by molar-refractivity contribution is 9.10. The van der Waals surface area contributed by atoms with Crippen LogP contribution in [0, 0.1) is 5.82 Å². The molecule has 1 aromatic rings. The number of rotatable bonds is 2. The number of halogens is 2. The quantitative estimate of drug-likeness (QED) is 0.789. The van der Waals surface area contributed by atoms with Crippen molar-refractivity contribution in [3.8, 4) is 0 Å². The molecule has 0 fully saturated rings. The normalized spacial score (nSPS) is 12.9. The molecule has 2 nitrogen and oxygen atoms in total. The lowest BCUT2D eigenvalue weighted by atomic mass is 10.0. The van der Waals surface area contributed by atoms with Crippen LogP contribution in [-0.4, -0.2) is 0 Å². The third kappa shape index (κ3) is 2.19. The van der Waals surface area contributed by atoms with E-state index in [0.29, 0.717) is 10.2 Å². The Labute approximate surface area is 85.2 Å². The molecule has 72 valence electrons. The highest BCUT2D eigenvalue weighted by Gasteiger charge is 2.10. The van der Waals surface area contributed by atoms with Crippen molar-refractivity contribution >= 4 is 21.6 Å². The van der Waals surface area contributed by atoms with Gasteiger partial charge < -0.3 is 11.5 Å². The van der Waals surface area contributed by atoms with Gasteiger partial charge in [-0.1, -0.05) is 6.92 Å². The Balaban J connectivity index is 3.15. The summed E-state index contributed by atoms with van der Waals surface area (Å²) in [6, 6.07) is 2.80. The van der Waals surface area contributed by atoms with Gasteiger partial charge in [-0.3, -0.25) is 0 Å². The number of nitrogen functional groups attached to an aromatic ring is 1. The SMILES string of the molecule is CCC(N)c1cc(Br)c(F)cc1N. The molecule has 1 rings (SSSR count). The summed E-state index contributed by atoms with van der Waals surface area (Å²) in [6.07, 6.45) is 0.780. The molecule has 4 heteroatoms. The minimum atomic E-state index is -0.357. The van der Waals surface area contributed by atoms with Crippen molar-refractivity contribution in [2.75, 3.05) is 5.73 Å². The number of hydrogen-bond donors (Lipinski definition) is 2. The zero-order valence-corrected chi connectivity index (χ0v) is 8.94. The minimum absolute atomic E-state index is 0.128. The van der Waals surface area contributed by atoms with E-state index in [0.717, 1.165) is 12.0 Å². The summed E-state index contributed by atoms with van der Waals surface area (Å²) in [5.41, 5.74) is 12.6. The zero-order valence-electron chi connectivity index (χ0n) is 7.35. The Bertz CT molecular complexity index is 315. The lowest BCUT2D eigenvalue weighted by Crippen LogP contribution is -2.11. The summed E-state index contributed by atoms with van der Waals surface area (Å²) in [5, 5.41) is 0. The molecule has 4 N–H and O–H groups in total. The van der Waals surface area contributed by atoms with E-state index in [1.807, 2.05) is 6.92 Å². The number of benzene rings is 1. The summed E-state index contributed by atoms with van der Waals surface area (Å²) in [4.78, 5) is 0. The monoisotopic (exact) mass is 246 g/mol. The lowest BCUT2D eigenvalue weighted by molar-refractivity contribution is 0.618. The second-order valence-electron chi connectivity index (χ2n) is 2.91. The third-order valence-electron chi connectivity index (χ3n) is 1.97. The summed E-state index contributed by atoms with van der Waals surface area (Å²) < 4.78 is 13.4. The van der Waals surface area contributed by atoms with E-state index in [4.69, 9.17) is 11.5 Å². The van der Waals surface area contributed by atoms with Gasteiger partial charge in [0.15, 0.2) is 0 Å². The van der Waals surface area contributed by atoms with E-state index in [9.17, 15) is 4.39 Å². The van der Waals surface area contributed by atoms with Crippen LogP contribution in [-0.2, 0) is 0 Å². The van der Waals surface area contributed by atoms with Gasteiger partial charge in [-0.05, 0) is 40.0 Å². The van der Waals surface area contributed by atoms with Crippen molar-refractivity contribution in [2.45, 2.75) is 19.4 Å². The predicted molar refractivity (Wildman–Crippen MR) is 55.7 cm³/mol. The Hall–Kier alpha value is -0.610. The van der Waals surface area contributed by atoms with Crippen molar-refractivity contribution in [1.82, 2.24) is 0 Å². The van der Waals surface area contributed by atoms with Crippen molar-refractivity contribution in [3.63, 3.8) is 0 Å². The van der Waals surface area contributed by atoms with Crippen LogP contribution in [0.25, 0.3) is 0 Å². The first-order chi connectivity index (χ1) is 6.06. The topological polar surface area (TPSA) is 52.0 Å². The van der Waals surface area contributed by atoms with Gasteiger partial charge >= 0.3 is 0 Å². The van der Waals surface area contributed by atoms with Crippen LogP contribution < -0.4 is 11.5 Å². The first kappa shape index (κ1) is 10.5. The van der Waals surface area contributed by atoms with E-state index >= 15 is 0 Å². The average molecular weight is 247 g/mol. The van der Waals surface area contributed by atoms with Crippen LogP contribution in [0.1, 0.15) is 24.9 Å². The molecule has 1 unspecified atom stereocenters. The highest BCUT2D eigenvalue weighted by Crippen LogP contribution is 2.27. The molecule has 0 saturated heterocycles. The second-order valence-corrected chi connectivity index (χ2v) is 3.76. The number of hydrogen-bond acceptors (Lipinski definition) is 2. The fraction of sp³-hybridized carbons (Fsp3) is 0.333. The fourth-order valence-electron chi connectivity index (χ4n) is 1.12. The van der Waals surface area contributed by atoms with Gasteiger partial charge in [-0.25, -0.2) is 4.39 Å². The van der Waals surface area contributed by atoms with Crippen LogP contribution in [0.4, 0.5) is 10.1 Å². The van der Waals surface area contributed by atoms with Gasteiger partial charge in [-0.15, -0.1) is 0 Å². The molecular weight excluding hydrogens is 235 g/mol. The summed E-state index contributed by atoms with van der Waals surface area (Å²) in [7, 11) is 0. The lowest BCUT2D eigenvalue weighted by Gasteiger charge is -2.12. The first-order valence-electron chi connectivity index (χ1n) is 4.06. The molecular formula is C9H12BrFN2. The van der Waals surface area contributed by atoms with Crippen molar-refractivity contribution in [3.05, 3.63) is 28.0 Å². The van der Waals surface area contributed by atoms with E-state index in [-0.39, 0.29) is 11.9 Å². The molecule has 0 aliphatic heterocycles. The van der Waals surface area contributed by atoms with Crippen LogP contribution in [0.5, 0.6) is 0 Å². The Morgan fingerprint density at radius 3 is 2.69 bits per heavy atom. The van der Waals surface area contributed by atoms with Crippen LogP contribution in [0.2, 0.25) is 0 Å². The standard InChI is InChI=1S/C9H12BrFN2/c1-2-8(12)5-3-6(10)7(11)4-9(5)13/h3-4,8H,2,12-13H2,1H3. The molecule has 0 bridgehead atoms. The molecule has 0 aliphatic rings. The molecule has 0 aliphatic carbocycles. The molecule has 0 heterocycles. The molecule has 0 amide bonds. The number of anilines is 1. The Morgan fingerprint density at radius 1 is 1.54 bits per heavy atom. The van der Waals surface area contributed by atoms with Crippen LogP contribution >= 0.6 is 15.9 Å².